The largest absolute Gasteiger partial charge is 0.416 e. The molecule has 36 heavy (non-hydrogen) atoms. The number of hydrogen-bond acceptors (Lipinski definition) is 5. The fourth-order valence-corrected chi connectivity index (χ4v) is 4.41. The third-order valence-electron chi connectivity index (χ3n) is 5.99. The van der Waals surface area contributed by atoms with E-state index in [1.807, 2.05) is 40.1 Å². The Morgan fingerprint density at radius 2 is 1.67 bits per heavy atom. The van der Waals surface area contributed by atoms with Gasteiger partial charge in [0.1, 0.15) is 11.1 Å². The highest BCUT2D eigenvalue weighted by Crippen LogP contribution is 2.33. The number of rotatable bonds is 6. The van der Waals surface area contributed by atoms with Crippen molar-refractivity contribution in [3.63, 3.8) is 0 Å². The molecule has 0 bridgehead atoms. The zero-order chi connectivity index (χ0) is 25.9. The first kappa shape index (κ1) is 25.5. The Kier molecular flexibility index (Phi) is 7.46. The van der Waals surface area contributed by atoms with Crippen molar-refractivity contribution in [2.75, 3.05) is 36.4 Å². The van der Waals surface area contributed by atoms with Gasteiger partial charge in [-0.15, -0.1) is 0 Å². The molecule has 1 saturated heterocycles. The Bertz CT molecular complexity index is 1250. The number of hydrogen-bond donors (Lipinski definition) is 1. The lowest BCUT2D eigenvalue weighted by Crippen LogP contribution is -2.50. The first-order valence-electron chi connectivity index (χ1n) is 11.1. The molecule has 1 amide bonds. The lowest BCUT2D eigenvalue weighted by Gasteiger charge is -2.40. The molecule has 1 N–H and O–H groups in total. The number of anilines is 2. The molecule has 3 aromatic carbocycles. The van der Waals surface area contributed by atoms with E-state index < -0.39 is 22.7 Å². The minimum atomic E-state index is -4.43. The van der Waals surface area contributed by atoms with Crippen molar-refractivity contribution in [3.8, 4) is 0 Å². The highest BCUT2D eigenvalue weighted by Gasteiger charge is 2.33. The molecule has 1 aliphatic heterocycles. The number of amides is 1. The molecule has 3 aromatic rings. The number of nitrogens with one attached hydrogen (secondary N) is 1. The number of benzene rings is 3. The molecule has 0 spiro atoms. The lowest BCUT2D eigenvalue weighted by molar-refractivity contribution is -0.384. The summed E-state index contributed by atoms with van der Waals surface area (Å²) < 4.78 is 39.4. The monoisotopic (exact) mass is 518 g/mol. The minimum Gasteiger partial charge on any atom is -0.369 e. The predicted molar refractivity (Wildman–Crippen MR) is 131 cm³/mol. The van der Waals surface area contributed by atoms with Gasteiger partial charge >= 0.3 is 6.18 Å². The Balaban J connectivity index is 1.53. The van der Waals surface area contributed by atoms with E-state index in [4.69, 9.17) is 11.6 Å². The molecule has 0 radical (unpaired) electrons. The van der Waals surface area contributed by atoms with Crippen molar-refractivity contribution in [3.05, 3.63) is 99.1 Å². The van der Waals surface area contributed by atoms with Gasteiger partial charge in [-0.2, -0.15) is 13.2 Å². The maximum Gasteiger partial charge on any atom is 0.416 e. The first-order valence-corrected chi connectivity index (χ1v) is 11.5. The van der Waals surface area contributed by atoms with Crippen LogP contribution in [0.3, 0.4) is 0 Å². The summed E-state index contributed by atoms with van der Waals surface area (Å²) >= 11 is 5.88. The van der Waals surface area contributed by atoms with Crippen molar-refractivity contribution < 1.29 is 22.9 Å². The van der Waals surface area contributed by atoms with Gasteiger partial charge in [0.25, 0.3) is 5.69 Å². The third kappa shape index (κ3) is 5.77. The van der Waals surface area contributed by atoms with Gasteiger partial charge in [-0.1, -0.05) is 48.0 Å². The standard InChI is InChI=1S/C25H22ClF3N4O3/c26-21-10-9-19(16-22(21)33(35)36)30-24(34)23(17-5-2-1-3-6-17)32-13-11-31(12-14-32)20-8-4-7-18(15-20)25(27,28)29/h1-10,15-16,23H,11-14H2,(H,30,34)/t23-/m1/s1. The van der Waals surface area contributed by atoms with Crippen LogP contribution >= 0.6 is 11.6 Å². The van der Waals surface area contributed by atoms with E-state index in [0.717, 1.165) is 17.7 Å². The molecule has 0 aliphatic carbocycles. The zero-order valence-corrected chi connectivity index (χ0v) is 19.7. The Hall–Kier alpha value is -3.63. The smallest absolute Gasteiger partial charge is 0.369 e. The summed E-state index contributed by atoms with van der Waals surface area (Å²) in [4.78, 5) is 27.8. The average molecular weight is 519 g/mol. The van der Waals surface area contributed by atoms with Crippen LogP contribution in [0.2, 0.25) is 5.02 Å². The summed E-state index contributed by atoms with van der Waals surface area (Å²) in [6, 6.07) is 17.6. The fraction of sp³-hybridized carbons (Fsp3) is 0.240. The number of alkyl halides is 3. The van der Waals surface area contributed by atoms with Crippen molar-refractivity contribution in [1.82, 2.24) is 4.90 Å². The molecule has 1 heterocycles. The molecule has 0 saturated carbocycles. The number of halogens is 4. The van der Waals surface area contributed by atoms with Gasteiger partial charge in [0.15, 0.2) is 0 Å². The third-order valence-corrected chi connectivity index (χ3v) is 6.31. The second-order valence-electron chi connectivity index (χ2n) is 8.30. The zero-order valence-electron chi connectivity index (χ0n) is 18.9. The van der Waals surface area contributed by atoms with E-state index in [1.54, 1.807) is 6.07 Å². The highest BCUT2D eigenvalue weighted by atomic mass is 35.5. The summed E-state index contributed by atoms with van der Waals surface area (Å²) in [6.45, 7) is 1.68. The molecule has 4 rings (SSSR count). The molecule has 188 valence electrons. The van der Waals surface area contributed by atoms with Crippen LogP contribution in [0.4, 0.5) is 30.2 Å². The number of piperazine rings is 1. The molecular formula is C25H22ClF3N4O3. The summed E-state index contributed by atoms with van der Waals surface area (Å²) in [5.41, 5.74) is 0.408. The second-order valence-corrected chi connectivity index (χ2v) is 8.70. The van der Waals surface area contributed by atoms with Crippen molar-refractivity contribution >= 4 is 34.6 Å². The van der Waals surface area contributed by atoms with Crippen molar-refractivity contribution in [2.45, 2.75) is 12.2 Å². The molecule has 11 heteroatoms. The molecule has 0 unspecified atom stereocenters. The molecule has 0 aromatic heterocycles. The van der Waals surface area contributed by atoms with Crippen LogP contribution in [-0.4, -0.2) is 41.9 Å². The van der Waals surface area contributed by atoms with Crippen LogP contribution in [-0.2, 0) is 11.0 Å². The molecule has 1 aliphatic rings. The number of nitrogens with zero attached hydrogens (tertiary/aromatic N) is 3. The van der Waals surface area contributed by atoms with Gasteiger partial charge in [0.05, 0.1) is 10.5 Å². The van der Waals surface area contributed by atoms with Crippen LogP contribution in [0.1, 0.15) is 17.2 Å². The van der Waals surface area contributed by atoms with Crippen LogP contribution in [0.5, 0.6) is 0 Å². The van der Waals surface area contributed by atoms with E-state index in [9.17, 15) is 28.1 Å². The molecule has 1 fully saturated rings. The number of nitro benzene ring substituents is 1. The number of nitro groups is 1. The van der Waals surface area contributed by atoms with Crippen LogP contribution in [0.15, 0.2) is 72.8 Å². The summed E-state index contributed by atoms with van der Waals surface area (Å²) in [5.74, 6) is -0.384. The Labute approximate surface area is 210 Å². The van der Waals surface area contributed by atoms with Gasteiger partial charge in [0.2, 0.25) is 5.91 Å². The summed E-state index contributed by atoms with van der Waals surface area (Å²) in [7, 11) is 0. The topological polar surface area (TPSA) is 78.7 Å². The molecule has 7 nitrogen and oxygen atoms in total. The van der Waals surface area contributed by atoms with E-state index in [0.29, 0.717) is 31.9 Å². The highest BCUT2D eigenvalue weighted by molar-refractivity contribution is 6.32. The van der Waals surface area contributed by atoms with Crippen molar-refractivity contribution in [1.29, 1.82) is 0 Å². The lowest BCUT2D eigenvalue weighted by atomic mass is 10.0. The van der Waals surface area contributed by atoms with E-state index >= 15 is 0 Å². The number of carbonyl (C=O) groups excluding carboxylic acids is 1. The second kappa shape index (κ2) is 10.5. The van der Waals surface area contributed by atoms with Gasteiger partial charge in [-0.3, -0.25) is 19.8 Å². The van der Waals surface area contributed by atoms with E-state index in [2.05, 4.69) is 5.32 Å². The normalized spacial score (nSPS) is 15.4. The van der Waals surface area contributed by atoms with Gasteiger partial charge in [-0.25, -0.2) is 0 Å². The van der Waals surface area contributed by atoms with Gasteiger partial charge < -0.3 is 10.2 Å². The van der Waals surface area contributed by atoms with E-state index in [-0.39, 0.29) is 22.3 Å². The van der Waals surface area contributed by atoms with Gasteiger partial charge in [-0.05, 0) is 35.9 Å². The summed E-state index contributed by atoms with van der Waals surface area (Å²) in [5, 5.41) is 13.9. The van der Waals surface area contributed by atoms with Crippen LogP contribution < -0.4 is 10.2 Å². The summed E-state index contributed by atoms with van der Waals surface area (Å²) in [6.07, 6.45) is -4.43. The number of carbonyl (C=O) groups is 1. The SMILES string of the molecule is O=C(Nc1ccc(Cl)c([N+](=O)[O-])c1)[C@@H](c1ccccc1)N1CCN(c2cccc(C(F)(F)F)c2)CC1. The first-order chi connectivity index (χ1) is 17.1. The molecule has 1 atom stereocenters. The molecular weight excluding hydrogens is 497 g/mol. The Morgan fingerprint density at radius 3 is 2.31 bits per heavy atom. The van der Waals surface area contributed by atoms with E-state index in [1.165, 1.54) is 24.3 Å². The minimum absolute atomic E-state index is 0.0386. The fourth-order valence-electron chi connectivity index (χ4n) is 4.22. The van der Waals surface area contributed by atoms with Crippen LogP contribution in [0, 0.1) is 10.1 Å². The maximum absolute atomic E-state index is 13.4. The Morgan fingerprint density at radius 1 is 0.972 bits per heavy atom. The predicted octanol–water partition coefficient (Wildman–Crippen LogP) is 5.77. The quantitative estimate of drug-likeness (QED) is 0.331. The van der Waals surface area contributed by atoms with Crippen molar-refractivity contribution in [2.24, 2.45) is 0 Å². The van der Waals surface area contributed by atoms with Gasteiger partial charge in [0, 0.05) is 43.6 Å². The maximum atomic E-state index is 13.4. The van der Waals surface area contributed by atoms with Crippen LogP contribution in [0.25, 0.3) is 0 Å². The average Bonchev–Trinajstić information content (AvgIpc) is 2.86.